The van der Waals surface area contributed by atoms with Gasteiger partial charge in [-0.25, -0.2) is 4.98 Å². The second-order valence-electron chi connectivity index (χ2n) is 16.3. The molecule has 0 amide bonds. The fraction of sp³-hybridized carbons (Fsp3) is 0.0847. The van der Waals surface area contributed by atoms with Gasteiger partial charge in [0.15, 0.2) is 0 Å². The Labute approximate surface area is 412 Å². The molecule has 0 saturated heterocycles. The normalized spacial score (nSPS) is 15.0. The van der Waals surface area contributed by atoms with E-state index in [1.165, 1.54) is 16.8 Å². The minimum atomic E-state index is -2.66. The number of hydrogen-bond acceptors (Lipinski definition) is 5. The molecule has 0 N–H and O–H groups in total. The molecule has 0 spiro atoms. The second kappa shape index (κ2) is 16.9. The van der Waals surface area contributed by atoms with Crippen molar-refractivity contribution in [3.05, 3.63) is 212 Å². The monoisotopic (exact) mass is 1040 g/mol. The standard InChI is InChI=1S/C59H43N4O2.Pt/c1-38(2)29-40-31-51(41-13-5-4-6-14-41)59-52(32-40)42-23-25-45(26-24-42)64-46-17-11-15-43(33-46)53-36-60-58(30-39(53)3)63-54-20-8-7-19-49(54)50-28-27-48(35-57(50)63)65-47-18-12-16-44(34-47)61-37-62(59)56-22-10-9-21-55(56)61;/h4-28,30-33,36-38H,29H2,1-3H3;/q-3;/i3D3,7D,8D,19D,20D,29D2;. The molecule has 14 rings (SSSR count). The van der Waals surface area contributed by atoms with Gasteiger partial charge in [0.05, 0.1) is 5.48 Å². The molecule has 4 aliphatic heterocycles. The first kappa shape index (κ1) is 32.3. The van der Waals surface area contributed by atoms with Gasteiger partial charge in [0, 0.05) is 84.9 Å². The topological polar surface area (TPSA) is 42.8 Å². The number of pyridine rings is 1. The summed E-state index contributed by atoms with van der Waals surface area (Å²) in [4.78, 5) is 8.98. The SMILES string of the molecule is [2H]c1c([2H])c([2H])c2c(c1[2H])c1ccc3[c-]c1n2-c1cc(C([2H])([2H])[2H])c(cn1)-c1cccc(c1)Oc1ccc(cc1)-c1cc(C([2H])([2H])C(C)C)cc(-c2ccccc2)c1N1[CH-]N(c2[c-]c(ccc2)O3)c2ccccc21.[Pt]. The number of ether oxygens (including phenoxy) is 2. The summed E-state index contributed by atoms with van der Waals surface area (Å²) >= 11 is 0. The molecule has 6 nitrogen and oxygen atoms in total. The van der Waals surface area contributed by atoms with Gasteiger partial charge >= 0.3 is 0 Å². The molecule has 66 heavy (non-hydrogen) atoms. The van der Waals surface area contributed by atoms with E-state index in [2.05, 4.69) is 23.1 Å². The predicted molar refractivity (Wildman–Crippen MR) is 264 cm³/mol. The quantitative estimate of drug-likeness (QED) is 0.165. The van der Waals surface area contributed by atoms with Gasteiger partial charge in [-0.2, -0.15) is 12.1 Å². The van der Waals surface area contributed by atoms with Gasteiger partial charge in [0.1, 0.15) is 17.3 Å². The molecule has 2 aromatic heterocycles. The van der Waals surface area contributed by atoms with Gasteiger partial charge in [0.2, 0.25) is 0 Å². The van der Waals surface area contributed by atoms with Gasteiger partial charge in [-0.3, -0.25) is 0 Å². The molecule has 0 fully saturated rings. The molecule has 6 heterocycles. The fourth-order valence-corrected chi connectivity index (χ4v) is 8.88. The maximum absolute atomic E-state index is 9.40. The van der Waals surface area contributed by atoms with Crippen LogP contribution in [-0.4, -0.2) is 9.55 Å². The van der Waals surface area contributed by atoms with Crippen LogP contribution in [0.2, 0.25) is 0 Å². The van der Waals surface area contributed by atoms with Crippen LogP contribution >= 0.6 is 0 Å². The number of fused-ring (bicyclic) bond motifs is 5. The molecule has 7 heteroatoms. The van der Waals surface area contributed by atoms with Crippen molar-refractivity contribution in [2.45, 2.75) is 27.1 Å². The van der Waals surface area contributed by atoms with Gasteiger partial charge in [-0.1, -0.05) is 104 Å². The minimum absolute atomic E-state index is 0. The molecule has 324 valence electrons. The third-order valence-corrected chi connectivity index (χ3v) is 11.7. The zero-order valence-corrected chi connectivity index (χ0v) is 37.9. The van der Waals surface area contributed by atoms with Crippen molar-refractivity contribution in [2.24, 2.45) is 5.92 Å². The Hall–Kier alpha value is -7.40. The predicted octanol–water partition coefficient (Wildman–Crippen LogP) is 15.6. The Morgan fingerprint density at radius 1 is 0.667 bits per heavy atom. The molecule has 0 unspecified atom stereocenters. The van der Waals surface area contributed by atoms with Crippen LogP contribution in [0.3, 0.4) is 0 Å². The maximum atomic E-state index is 9.40. The van der Waals surface area contributed by atoms with E-state index in [-0.39, 0.29) is 67.1 Å². The summed E-state index contributed by atoms with van der Waals surface area (Å²) < 4.78 is 95.2. The van der Waals surface area contributed by atoms with Crippen molar-refractivity contribution >= 4 is 44.6 Å². The average molecular weight is 1040 g/mol. The van der Waals surface area contributed by atoms with Crippen molar-refractivity contribution in [1.29, 1.82) is 0 Å². The van der Waals surface area contributed by atoms with Gasteiger partial charge in [0.25, 0.3) is 0 Å². The Balaban J connectivity index is 0.00000602. The molecular formula is C59H43N4O2Pt-3. The molecule has 10 aromatic rings. The summed E-state index contributed by atoms with van der Waals surface area (Å²) in [5, 5.41) is 0.647. The summed E-state index contributed by atoms with van der Waals surface area (Å²) in [5.74, 6) is 1.27. The Bertz CT molecular complexity index is 3900. The Morgan fingerprint density at radius 3 is 2.20 bits per heavy atom. The molecule has 0 saturated carbocycles. The van der Waals surface area contributed by atoms with E-state index in [0.29, 0.717) is 50.5 Å². The number of aryl methyl sites for hydroxylation is 1. The van der Waals surface area contributed by atoms with Crippen molar-refractivity contribution in [1.82, 2.24) is 9.55 Å². The maximum Gasteiger partial charge on any atom is 0.135 e. The number of para-hydroxylation sites is 3. The molecule has 0 aliphatic carbocycles. The van der Waals surface area contributed by atoms with Crippen LogP contribution < -0.4 is 19.3 Å². The van der Waals surface area contributed by atoms with Crippen LogP contribution in [0, 0.1) is 31.6 Å². The number of rotatable bonds is 3. The Morgan fingerprint density at radius 2 is 1.39 bits per heavy atom. The number of anilines is 4. The van der Waals surface area contributed by atoms with Crippen molar-refractivity contribution in [2.75, 3.05) is 9.80 Å². The van der Waals surface area contributed by atoms with E-state index in [1.54, 1.807) is 42.5 Å². The summed E-state index contributed by atoms with van der Waals surface area (Å²) in [7, 11) is 0. The third-order valence-electron chi connectivity index (χ3n) is 11.7. The van der Waals surface area contributed by atoms with Crippen molar-refractivity contribution in [3.63, 3.8) is 0 Å². The minimum Gasteiger partial charge on any atom is -0.509 e. The first-order valence-corrected chi connectivity index (χ1v) is 21.4. The average Bonchev–Trinajstić information content (AvgIpc) is 3.99. The molecule has 8 aromatic carbocycles. The smallest absolute Gasteiger partial charge is 0.135 e. The van der Waals surface area contributed by atoms with Crippen molar-refractivity contribution in [3.8, 4) is 62.2 Å². The van der Waals surface area contributed by atoms with Crippen LogP contribution in [0.4, 0.5) is 22.7 Å². The molecule has 0 atom stereocenters. The van der Waals surface area contributed by atoms with Crippen LogP contribution in [-0.2, 0) is 27.4 Å². The first-order chi connectivity index (χ1) is 35.5. The molecular weight excluding hydrogens is 992 g/mol. The number of aromatic nitrogens is 2. The summed E-state index contributed by atoms with van der Waals surface area (Å²) in [6.45, 7) is 3.12. The largest absolute Gasteiger partial charge is 0.509 e. The van der Waals surface area contributed by atoms with Crippen LogP contribution in [0.25, 0.3) is 61.0 Å². The second-order valence-corrected chi connectivity index (χ2v) is 16.3. The third kappa shape index (κ3) is 7.32. The van der Waals surface area contributed by atoms with E-state index in [0.717, 1.165) is 39.3 Å². The molecule has 12 bridgehead atoms. The number of hydrogen-bond donors (Lipinski definition) is 0. The van der Waals surface area contributed by atoms with E-state index < -0.39 is 25.3 Å². The first-order valence-electron chi connectivity index (χ1n) is 25.9. The Kier molecular flexibility index (Phi) is 8.25. The van der Waals surface area contributed by atoms with Gasteiger partial charge in [-0.05, 0) is 113 Å². The summed E-state index contributed by atoms with van der Waals surface area (Å²) in [5.41, 5.74) is 8.21. The van der Waals surface area contributed by atoms with E-state index in [1.807, 2.05) is 122 Å². The zero-order valence-electron chi connectivity index (χ0n) is 44.6. The van der Waals surface area contributed by atoms with E-state index in [9.17, 15) is 2.74 Å². The van der Waals surface area contributed by atoms with Gasteiger partial charge in [-0.15, -0.1) is 48.1 Å². The molecule has 0 radical (unpaired) electrons. The van der Waals surface area contributed by atoms with Gasteiger partial charge < -0.3 is 23.8 Å². The summed E-state index contributed by atoms with van der Waals surface area (Å²) in [6, 6.07) is 52.4. The molecule has 4 aliphatic rings. The fourth-order valence-electron chi connectivity index (χ4n) is 8.88. The summed E-state index contributed by atoms with van der Waals surface area (Å²) in [6.07, 6.45) is -0.236. The van der Waals surface area contributed by atoms with Crippen LogP contribution in [0.15, 0.2) is 182 Å². The number of nitrogens with zero attached hydrogens (tertiary/aromatic N) is 4. The van der Waals surface area contributed by atoms with E-state index >= 15 is 0 Å². The zero-order chi connectivity index (χ0) is 51.4. The van der Waals surface area contributed by atoms with Crippen molar-refractivity contribution < 1.29 is 42.9 Å². The van der Waals surface area contributed by atoms with Crippen LogP contribution in [0.1, 0.15) is 37.3 Å². The van der Waals surface area contributed by atoms with E-state index in [4.69, 9.17) is 24.1 Å². The number of benzene rings is 8. The van der Waals surface area contributed by atoms with Crippen LogP contribution in [0.5, 0.6) is 23.0 Å².